The van der Waals surface area contributed by atoms with Crippen molar-refractivity contribution in [3.63, 3.8) is 0 Å². The second kappa shape index (κ2) is 14.1. The van der Waals surface area contributed by atoms with Gasteiger partial charge < -0.3 is 11.5 Å². The fourth-order valence-electron chi connectivity index (χ4n) is 1.38. The molecule has 2 aromatic carbocycles. The third-order valence-corrected chi connectivity index (χ3v) is 2.49. The topological polar surface area (TPSA) is 101 Å². The molecule has 0 atom stereocenters. The second-order valence-corrected chi connectivity index (χ2v) is 5.02. The molecule has 0 radical (unpaired) electrons. The summed E-state index contributed by atoms with van der Waals surface area (Å²) >= 11 is 9.02. The number of azo groups is 2. The van der Waals surface area contributed by atoms with E-state index in [-0.39, 0.29) is 27.3 Å². The van der Waals surface area contributed by atoms with Crippen molar-refractivity contribution in [3.05, 3.63) is 84.9 Å². The van der Waals surface area contributed by atoms with E-state index in [4.69, 9.17) is 11.5 Å². The van der Waals surface area contributed by atoms with Gasteiger partial charge in [-0.15, -0.1) is 34.5 Å². The van der Waals surface area contributed by atoms with Crippen molar-refractivity contribution in [2.45, 2.75) is 0 Å². The van der Waals surface area contributed by atoms with Crippen LogP contribution in [0.25, 0.3) is 0 Å². The second-order valence-electron chi connectivity index (χ2n) is 4.19. The minimum atomic E-state index is 0. The number of hydrogen-bond acceptors (Lipinski definition) is 4. The molecule has 0 amide bonds. The van der Waals surface area contributed by atoms with Gasteiger partial charge in [0.15, 0.2) is 0 Å². The van der Waals surface area contributed by atoms with Gasteiger partial charge in [-0.3, -0.25) is 0 Å². The van der Waals surface area contributed by atoms with Gasteiger partial charge in [0, 0.05) is 0 Å². The zero-order valence-corrected chi connectivity index (χ0v) is 15.8. The number of nitrogens with two attached hydrogens (primary N) is 2. The van der Waals surface area contributed by atoms with E-state index in [9.17, 15) is 0 Å². The Morgan fingerprint density at radius 3 is 1.28 bits per heavy atom. The average Bonchev–Trinajstić information content (AvgIpc) is 2.57. The summed E-state index contributed by atoms with van der Waals surface area (Å²) in [6, 6.07) is 19.2. The molecule has 4 N–H and O–H groups in total. The smallest absolute Gasteiger partial charge is 0.373 e. The van der Waals surface area contributed by atoms with Crippen molar-refractivity contribution in [3.8, 4) is 0 Å². The van der Waals surface area contributed by atoms with Gasteiger partial charge >= 0.3 is 17.1 Å². The van der Waals surface area contributed by atoms with Crippen LogP contribution in [0.5, 0.6) is 0 Å². The first-order valence-corrected chi connectivity index (χ1v) is 7.56. The summed E-state index contributed by atoms with van der Waals surface area (Å²) < 4.78 is 0. The van der Waals surface area contributed by atoms with Crippen LogP contribution >= 0.6 is 24.4 Å². The molecule has 130 valence electrons. The van der Waals surface area contributed by atoms with Crippen molar-refractivity contribution < 1.29 is 17.1 Å². The molecule has 25 heavy (non-hydrogen) atoms. The Labute approximate surface area is 168 Å². The molecule has 0 aliphatic heterocycles. The molecule has 2 rings (SSSR count). The normalized spacial score (nSPS) is 9.60. The van der Waals surface area contributed by atoms with Crippen molar-refractivity contribution in [1.29, 1.82) is 0 Å². The fraction of sp³-hybridized carbons (Fsp3) is 0. The summed E-state index contributed by atoms with van der Waals surface area (Å²) in [5.74, 6) is 0. The van der Waals surface area contributed by atoms with Crippen LogP contribution in [0.2, 0.25) is 0 Å². The number of nitrogens with zero attached hydrogens (tertiary/aromatic N) is 4. The monoisotopic (exact) mass is 412 g/mol. The van der Waals surface area contributed by atoms with Gasteiger partial charge in [0.05, 0.1) is 0 Å². The van der Waals surface area contributed by atoms with Crippen LogP contribution in [0.3, 0.4) is 0 Å². The Morgan fingerprint density at radius 1 is 0.680 bits per heavy atom. The first kappa shape index (κ1) is 22.7. The summed E-state index contributed by atoms with van der Waals surface area (Å²) in [4.78, 5) is 0. The Hall–Kier alpha value is -2.32. The van der Waals surface area contributed by atoms with Crippen molar-refractivity contribution in [1.82, 2.24) is 0 Å². The van der Waals surface area contributed by atoms with Crippen molar-refractivity contribution in [2.75, 3.05) is 0 Å². The molecule has 0 aliphatic carbocycles. The van der Waals surface area contributed by atoms with Crippen molar-refractivity contribution >= 4 is 34.7 Å². The van der Waals surface area contributed by atoms with Crippen LogP contribution in [0.15, 0.2) is 81.1 Å². The van der Waals surface area contributed by atoms with Crippen LogP contribution < -0.4 is 11.5 Å². The standard InChI is InChI=1S/2C8H8N3S.Fe/c2*9-8(12)11-10-6-7-4-2-1-3-5-7;/h2*1-6H,(H2,9,12);/q2*-1;+2. The molecule has 0 heterocycles. The van der Waals surface area contributed by atoms with E-state index in [1.807, 2.05) is 60.7 Å². The average molecular weight is 412 g/mol. The minimum Gasteiger partial charge on any atom is -0.373 e. The van der Waals surface area contributed by atoms with Gasteiger partial charge in [-0.05, 0) is 24.4 Å². The molecule has 0 spiro atoms. The number of thiocarbonyl (C=S) groups is 2. The Morgan fingerprint density at radius 2 is 1.00 bits per heavy atom. The Bertz CT molecular complexity index is 631. The number of hydrogen-bond donors (Lipinski definition) is 2. The van der Waals surface area contributed by atoms with E-state index in [0.29, 0.717) is 0 Å². The van der Waals surface area contributed by atoms with E-state index in [0.717, 1.165) is 11.1 Å². The van der Waals surface area contributed by atoms with Gasteiger partial charge in [-0.1, -0.05) is 25.2 Å². The van der Waals surface area contributed by atoms with E-state index in [1.54, 1.807) is 13.1 Å². The molecule has 0 fully saturated rings. The van der Waals surface area contributed by atoms with E-state index in [1.165, 1.54) is 0 Å². The first-order chi connectivity index (χ1) is 11.6. The predicted molar refractivity (Wildman–Crippen MR) is 103 cm³/mol. The van der Waals surface area contributed by atoms with Crippen molar-refractivity contribution in [2.24, 2.45) is 31.9 Å². The Balaban J connectivity index is 0.000000443. The van der Waals surface area contributed by atoms with E-state index in [2.05, 4.69) is 44.9 Å². The molecule has 0 bridgehead atoms. The minimum absolute atomic E-state index is 0. The molecule has 0 unspecified atom stereocenters. The molecule has 0 saturated heterocycles. The molecule has 6 nitrogen and oxygen atoms in total. The third kappa shape index (κ3) is 12.7. The molecular weight excluding hydrogens is 396 g/mol. The Kier molecular flexibility index (Phi) is 12.8. The summed E-state index contributed by atoms with van der Waals surface area (Å²) in [5.41, 5.74) is 12.2. The molecule has 0 aromatic heterocycles. The summed E-state index contributed by atoms with van der Waals surface area (Å²) in [5, 5.41) is 14.4. The molecular formula is C16H16FeN6S2. The van der Waals surface area contributed by atoms with Gasteiger partial charge in [0.25, 0.3) is 0 Å². The third-order valence-electron chi connectivity index (χ3n) is 2.33. The summed E-state index contributed by atoms with van der Waals surface area (Å²) in [7, 11) is 0. The molecule has 9 heteroatoms. The largest absolute Gasteiger partial charge is 2.00 e. The maximum absolute atomic E-state index is 5.11. The number of rotatable bonds is 4. The van der Waals surface area contributed by atoms with Crippen LogP contribution in [-0.4, -0.2) is 10.2 Å². The van der Waals surface area contributed by atoms with Gasteiger partial charge in [-0.2, -0.15) is 35.4 Å². The summed E-state index contributed by atoms with van der Waals surface area (Å²) in [6.07, 6.45) is 0. The zero-order valence-electron chi connectivity index (χ0n) is 13.0. The van der Waals surface area contributed by atoms with Gasteiger partial charge in [0.1, 0.15) is 0 Å². The quantitative estimate of drug-likeness (QED) is 0.345. The maximum atomic E-state index is 5.11. The maximum Gasteiger partial charge on any atom is 2.00 e. The molecule has 2 aromatic rings. The van der Waals surface area contributed by atoms with Crippen LogP contribution in [0, 0.1) is 13.1 Å². The van der Waals surface area contributed by atoms with Gasteiger partial charge in [-0.25, -0.2) is 10.2 Å². The molecule has 0 saturated carbocycles. The number of benzene rings is 2. The van der Waals surface area contributed by atoms with Crippen LogP contribution in [-0.2, 0) is 17.1 Å². The fourth-order valence-corrected chi connectivity index (χ4v) is 1.48. The van der Waals surface area contributed by atoms with Gasteiger partial charge in [0.2, 0.25) is 10.2 Å². The SMILES string of the molecule is NC(=S)N=N[CH-]c1ccccc1.NC(=S)N=N[CH-]c1ccccc1.[Fe+2]. The van der Waals surface area contributed by atoms with Crippen LogP contribution in [0.4, 0.5) is 0 Å². The summed E-state index contributed by atoms with van der Waals surface area (Å²) in [6.45, 7) is 3.19. The van der Waals surface area contributed by atoms with E-state index < -0.39 is 0 Å². The zero-order chi connectivity index (χ0) is 17.6. The van der Waals surface area contributed by atoms with Crippen LogP contribution in [0.1, 0.15) is 11.1 Å². The first-order valence-electron chi connectivity index (χ1n) is 6.75. The predicted octanol–water partition coefficient (Wildman–Crippen LogP) is 3.78. The molecule has 0 aliphatic rings. The van der Waals surface area contributed by atoms with E-state index >= 15 is 0 Å².